The Morgan fingerprint density at radius 2 is 1.69 bits per heavy atom. The van der Waals surface area contributed by atoms with Gasteiger partial charge in [0, 0.05) is 10.1 Å². The normalized spacial score (nSPS) is 11.3. The fraction of sp³-hybridized carbons (Fsp3) is 0.273. The van der Waals surface area contributed by atoms with E-state index < -0.39 is 17.5 Å². The van der Waals surface area contributed by atoms with Crippen LogP contribution in [-0.2, 0) is 14.3 Å². The van der Waals surface area contributed by atoms with Crippen molar-refractivity contribution in [2.45, 2.75) is 26.4 Å². The van der Waals surface area contributed by atoms with Crippen molar-refractivity contribution in [1.82, 2.24) is 0 Å². The van der Waals surface area contributed by atoms with Crippen LogP contribution in [0.25, 0.3) is 21.2 Å². The van der Waals surface area contributed by atoms with Crippen molar-refractivity contribution >= 4 is 33.4 Å². The Balaban J connectivity index is 1.95. The van der Waals surface area contributed by atoms with Gasteiger partial charge in [-0.2, -0.15) is 0 Å². The summed E-state index contributed by atoms with van der Waals surface area (Å²) in [5.74, 6) is -0.554. The molecule has 0 radical (unpaired) electrons. The van der Waals surface area contributed by atoms with Crippen LogP contribution in [0.3, 0.4) is 0 Å². The van der Waals surface area contributed by atoms with E-state index in [1.165, 1.54) is 18.4 Å². The molecule has 0 saturated carbocycles. The molecule has 0 aliphatic heterocycles. The molecule has 0 aliphatic carbocycles. The molecule has 1 N–H and O–H groups in total. The lowest BCUT2D eigenvalue weighted by atomic mass is 10.0. The molecule has 7 heteroatoms. The van der Waals surface area contributed by atoms with Crippen molar-refractivity contribution in [3.05, 3.63) is 47.3 Å². The molecule has 1 aromatic heterocycles. The van der Waals surface area contributed by atoms with Crippen LogP contribution in [0.15, 0.2) is 42.5 Å². The van der Waals surface area contributed by atoms with Crippen molar-refractivity contribution in [3.63, 3.8) is 0 Å². The number of benzene rings is 2. The number of carbonyl (C=O) groups is 2. The molecule has 29 heavy (non-hydrogen) atoms. The SMILES string of the molecule is COC(=O)c1sc2cc(-c3ccc(O)cc3)ccc2c1OCC(=O)OC(C)(C)C. The van der Waals surface area contributed by atoms with Gasteiger partial charge in [0.15, 0.2) is 17.2 Å². The molecular weight excluding hydrogens is 392 g/mol. The van der Waals surface area contributed by atoms with Crippen molar-refractivity contribution < 1.29 is 28.9 Å². The van der Waals surface area contributed by atoms with Crippen LogP contribution in [0.4, 0.5) is 0 Å². The number of ether oxygens (including phenoxy) is 3. The largest absolute Gasteiger partial charge is 0.508 e. The molecule has 152 valence electrons. The Kier molecular flexibility index (Phi) is 5.79. The summed E-state index contributed by atoms with van der Waals surface area (Å²) in [6.45, 7) is 5.01. The van der Waals surface area contributed by atoms with E-state index in [1.807, 2.05) is 30.3 Å². The van der Waals surface area contributed by atoms with Gasteiger partial charge in [-0.1, -0.05) is 18.2 Å². The summed E-state index contributed by atoms with van der Waals surface area (Å²) in [6, 6.07) is 12.5. The zero-order valence-electron chi connectivity index (χ0n) is 16.6. The van der Waals surface area contributed by atoms with Crippen LogP contribution in [0.2, 0.25) is 0 Å². The van der Waals surface area contributed by atoms with Gasteiger partial charge in [-0.25, -0.2) is 9.59 Å². The quantitative estimate of drug-likeness (QED) is 0.605. The lowest BCUT2D eigenvalue weighted by Crippen LogP contribution is -2.27. The summed E-state index contributed by atoms with van der Waals surface area (Å²) in [5.41, 5.74) is 1.23. The second kappa shape index (κ2) is 8.13. The fourth-order valence-corrected chi connectivity index (χ4v) is 3.88. The fourth-order valence-electron chi connectivity index (χ4n) is 2.78. The summed E-state index contributed by atoms with van der Waals surface area (Å²) >= 11 is 1.23. The highest BCUT2D eigenvalue weighted by Gasteiger charge is 2.23. The molecular formula is C22H22O6S. The Labute approximate surface area is 172 Å². The highest BCUT2D eigenvalue weighted by atomic mass is 32.1. The molecule has 0 bridgehead atoms. The first-order valence-electron chi connectivity index (χ1n) is 8.97. The van der Waals surface area contributed by atoms with Gasteiger partial charge in [0.25, 0.3) is 0 Å². The molecule has 0 unspecified atom stereocenters. The average molecular weight is 414 g/mol. The Morgan fingerprint density at radius 3 is 2.31 bits per heavy atom. The van der Waals surface area contributed by atoms with Gasteiger partial charge in [0.1, 0.15) is 11.4 Å². The zero-order valence-corrected chi connectivity index (χ0v) is 17.5. The number of rotatable bonds is 5. The summed E-state index contributed by atoms with van der Waals surface area (Å²) in [6.07, 6.45) is 0. The molecule has 1 heterocycles. The van der Waals surface area contributed by atoms with Gasteiger partial charge in [0.2, 0.25) is 0 Å². The van der Waals surface area contributed by atoms with E-state index in [2.05, 4.69) is 0 Å². The Bertz CT molecular complexity index is 1040. The van der Waals surface area contributed by atoms with Crippen molar-refractivity contribution in [1.29, 1.82) is 0 Å². The van der Waals surface area contributed by atoms with Crippen LogP contribution in [0.1, 0.15) is 30.4 Å². The summed E-state index contributed by atoms with van der Waals surface area (Å²) in [5, 5.41) is 10.2. The minimum atomic E-state index is -0.624. The number of methoxy groups -OCH3 is 1. The third-order valence-corrected chi connectivity index (χ3v) is 5.08. The van der Waals surface area contributed by atoms with Gasteiger partial charge in [0.05, 0.1) is 7.11 Å². The second-order valence-electron chi connectivity index (χ2n) is 7.38. The summed E-state index contributed by atoms with van der Waals surface area (Å²) < 4.78 is 16.6. The van der Waals surface area contributed by atoms with E-state index in [9.17, 15) is 14.7 Å². The third kappa shape index (κ3) is 4.86. The maximum atomic E-state index is 12.2. The molecule has 0 fully saturated rings. The minimum Gasteiger partial charge on any atom is -0.508 e. The predicted octanol–water partition coefficient (Wildman–Crippen LogP) is 4.78. The van der Waals surface area contributed by atoms with E-state index >= 15 is 0 Å². The average Bonchev–Trinajstić information content (AvgIpc) is 3.02. The van der Waals surface area contributed by atoms with Crippen molar-refractivity contribution in [2.75, 3.05) is 13.7 Å². The highest BCUT2D eigenvalue weighted by Crippen LogP contribution is 2.40. The highest BCUT2D eigenvalue weighted by molar-refractivity contribution is 7.21. The number of phenols is 1. The molecule has 2 aromatic carbocycles. The first-order chi connectivity index (χ1) is 13.7. The van der Waals surface area contributed by atoms with Crippen molar-refractivity contribution in [3.8, 4) is 22.6 Å². The van der Waals surface area contributed by atoms with Gasteiger partial charge in [-0.15, -0.1) is 11.3 Å². The first-order valence-corrected chi connectivity index (χ1v) is 9.78. The van der Waals surface area contributed by atoms with E-state index in [0.29, 0.717) is 11.1 Å². The van der Waals surface area contributed by atoms with Crippen LogP contribution in [0.5, 0.6) is 11.5 Å². The summed E-state index contributed by atoms with van der Waals surface area (Å²) in [4.78, 5) is 24.5. The van der Waals surface area contributed by atoms with Crippen LogP contribution in [0, 0.1) is 0 Å². The van der Waals surface area contributed by atoms with Gasteiger partial charge in [-0.05, 0) is 56.2 Å². The molecule has 6 nitrogen and oxygen atoms in total. The van der Waals surface area contributed by atoms with E-state index in [-0.39, 0.29) is 17.2 Å². The number of fused-ring (bicyclic) bond motifs is 1. The lowest BCUT2D eigenvalue weighted by Gasteiger charge is -2.19. The molecule has 0 atom stereocenters. The van der Waals surface area contributed by atoms with Gasteiger partial charge in [-0.3, -0.25) is 0 Å². The maximum Gasteiger partial charge on any atom is 0.351 e. The Morgan fingerprint density at radius 1 is 1.03 bits per heavy atom. The van der Waals surface area contributed by atoms with Gasteiger partial charge >= 0.3 is 11.9 Å². The number of carbonyl (C=O) groups excluding carboxylic acids is 2. The van der Waals surface area contributed by atoms with E-state index in [1.54, 1.807) is 32.9 Å². The smallest absolute Gasteiger partial charge is 0.351 e. The zero-order chi connectivity index (χ0) is 21.2. The molecule has 0 aliphatic rings. The van der Waals surface area contributed by atoms with E-state index in [4.69, 9.17) is 14.2 Å². The van der Waals surface area contributed by atoms with Crippen LogP contribution < -0.4 is 4.74 Å². The number of phenolic OH excluding ortho intramolecular Hbond substituents is 1. The molecule has 0 amide bonds. The topological polar surface area (TPSA) is 82.1 Å². The minimum absolute atomic E-state index is 0.191. The van der Waals surface area contributed by atoms with E-state index in [0.717, 1.165) is 15.8 Å². The van der Waals surface area contributed by atoms with Crippen LogP contribution in [-0.4, -0.2) is 36.4 Å². The van der Waals surface area contributed by atoms with Gasteiger partial charge < -0.3 is 19.3 Å². The number of thiophene rings is 1. The molecule has 3 rings (SSSR count). The second-order valence-corrected chi connectivity index (χ2v) is 8.44. The first kappa shape index (κ1) is 20.7. The Hall–Kier alpha value is -3.06. The van der Waals surface area contributed by atoms with Crippen LogP contribution >= 0.6 is 11.3 Å². The third-order valence-electron chi connectivity index (χ3n) is 3.97. The van der Waals surface area contributed by atoms with Crippen molar-refractivity contribution in [2.24, 2.45) is 0 Å². The maximum absolute atomic E-state index is 12.2. The lowest BCUT2D eigenvalue weighted by molar-refractivity contribution is -0.157. The summed E-state index contributed by atoms with van der Waals surface area (Å²) in [7, 11) is 1.30. The molecule has 0 saturated heterocycles. The standard InChI is InChI=1S/C22H22O6S/c1-22(2,3)28-18(24)12-27-19-16-10-7-14(13-5-8-15(23)9-6-13)11-17(16)29-20(19)21(25)26-4/h5-11,23H,12H2,1-4H3. The molecule has 0 spiro atoms. The molecule has 3 aromatic rings. The monoisotopic (exact) mass is 414 g/mol. The predicted molar refractivity (Wildman–Crippen MR) is 112 cm³/mol. The number of aromatic hydroxyl groups is 1. The number of hydrogen-bond donors (Lipinski definition) is 1. The number of hydrogen-bond acceptors (Lipinski definition) is 7. The number of esters is 2.